The molecular formula is C11H15ClN2O. The van der Waals surface area contributed by atoms with E-state index in [1.807, 2.05) is 18.2 Å². The van der Waals surface area contributed by atoms with Crippen molar-refractivity contribution < 1.29 is 4.74 Å². The van der Waals surface area contributed by atoms with Crippen LogP contribution in [-0.4, -0.2) is 26.3 Å². The van der Waals surface area contributed by atoms with Crippen LogP contribution in [0.2, 0.25) is 5.02 Å². The smallest absolute Gasteiger partial charge is 0.0642 e. The van der Waals surface area contributed by atoms with Crippen LogP contribution in [0.1, 0.15) is 5.56 Å². The second-order valence-corrected chi connectivity index (χ2v) is 4.00. The fraction of sp³-hybridized carbons (Fsp3) is 0.455. The van der Waals surface area contributed by atoms with Crippen molar-refractivity contribution in [1.29, 1.82) is 0 Å². The molecule has 2 rings (SSSR count). The number of nitrogens with two attached hydrogens (primary N) is 1. The van der Waals surface area contributed by atoms with Crippen LogP contribution >= 0.6 is 11.6 Å². The zero-order chi connectivity index (χ0) is 10.7. The van der Waals surface area contributed by atoms with Crippen LogP contribution in [0.3, 0.4) is 0 Å². The maximum atomic E-state index is 6.20. The van der Waals surface area contributed by atoms with Gasteiger partial charge in [0.15, 0.2) is 0 Å². The predicted octanol–water partition coefficient (Wildman–Crippen LogP) is 1.64. The molecular weight excluding hydrogens is 212 g/mol. The van der Waals surface area contributed by atoms with Crippen molar-refractivity contribution in [3.8, 4) is 0 Å². The van der Waals surface area contributed by atoms with Gasteiger partial charge >= 0.3 is 0 Å². The molecule has 0 aliphatic carbocycles. The molecule has 0 spiro atoms. The number of hydrogen-bond acceptors (Lipinski definition) is 3. The van der Waals surface area contributed by atoms with Crippen LogP contribution < -0.4 is 10.6 Å². The molecule has 0 saturated carbocycles. The summed E-state index contributed by atoms with van der Waals surface area (Å²) in [6.07, 6.45) is 0. The average molecular weight is 227 g/mol. The van der Waals surface area contributed by atoms with Gasteiger partial charge in [0.2, 0.25) is 0 Å². The van der Waals surface area contributed by atoms with Gasteiger partial charge in [0.25, 0.3) is 0 Å². The van der Waals surface area contributed by atoms with Crippen molar-refractivity contribution in [2.45, 2.75) is 6.54 Å². The molecule has 1 fully saturated rings. The maximum absolute atomic E-state index is 6.20. The molecule has 0 amide bonds. The predicted molar refractivity (Wildman–Crippen MR) is 62.4 cm³/mol. The van der Waals surface area contributed by atoms with Gasteiger partial charge in [-0.25, -0.2) is 0 Å². The Bertz CT molecular complexity index is 337. The summed E-state index contributed by atoms with van der Waals surface area (Å²) in [6, 6.07) is 6.00. The molecule has 15 heavy (non-hydrogen) atoms. The molecule has 0 radical (unpaired) electrons. The summed E-state index contributed by atoms with van der Waals surface area (Å²) >= 11 is 6.20. The van der Waals surface area contributed by atoms with Crippen LogP contribution in [0.25, 0.3) is 0 Å². The molecule has 0 aromatic heterocycles. The Morgan fingerprint density at radius 1 is 1.33 bits per heavy atom. The zero-order valence-corrected chi connectivity index (χ0v) is 9.33. The van der Waals surface area contributed by atoms with Crippen LogP contribution in [0.15, 0.2) is 18.2 Å². The monoisotopic (exact) mass is 226 g/mol. The van der Waals surface area contributed by atoms with Crippen LogP contribution in [0.4, 0.5) is 5.69 Å². The van der Waals surface area contributed by atoms with E-state index in [1.54, 1.807) is 0 Å². The number of benzene rings is 1. The third-order valence-corrected chi connectivity index (χ3v) is 2.90. The SMILES string of the molecule is NCc1ccc(N2CCOCC2)c(Cl)c1. The molecule has 2 N–H and O–H groups in total. The number of nitrogens with zero attached hydrogens (tertiary/aromatic N) is 1. The normalized spacial score (nSPS) is 16.8. The first-order valence-electron chi connectivity index (χ1n) is 5.12. The van der Waals surface area contributed by atoms with Crippen molar-refractivity contribution in [2.75, 3.05) is 31.2 Å². The fourth-order valence-corrected chi connectivity index (χ4v) is 2.06. The lowest BCUT2D eigenvalue weighted by molar-refractivity contribution is 0.122. The Balaban J connectivity index is 2.19. The molecule has 1 aliphatic rings. The second-order valence-electron chi connectivity index (χ2n) is 3.59. The Hall–Kier alpha value is -0.770. The highest BCUT2D eigenvalue weighted by molar-refractivity contribution is 6.33. The minimum atomic E-state index is 0.531. The summed E-state index contributed by atoms with van der Waals surface area (Å²) in [5, 5.41) is 0.778. The maximum Gasteiger partial charge on any atom is 0.0642 e. The Labute approximate surface area is 94.8 Å². The summed E-state index contributed by atoms with van der Waals surface area (Å²) in [5.41, 5.74) is 7.70. The molecule has 0 bridgehead atoms. The number of morpholine rings is 1. The average Bonchev–Trinajstić information content (AvgIpc) is 2.30. The van der Waals surface area contributed by atoms with E-state index in [4.69, 9.17) is 22.1 Å². The van der Waals surface area contributed by atoms with Gasteiger partial charge in [-0.15, -0.1) is 0 Å². The minimum Gasteiger partial charge on any atom is -0.378 e. The van der Waals surface area contributed by atoms with Crippen molar-refractivity contribution in [3.63, 3.8) is 0 Å². The van der Waals surface area contributed by atoms with Crippen LogP contribution in [0.5, 0.6) is 0 Å². The number of anilines is 1. The quantitative estimate of drug-likeness (QED) is 0.833. The van der Waals surface area contributed by atoms with Gasteiger partial charge in [0, 0.05) is 19.6 Å². The molecule has 1 aliphatic heterocycles. The lowest BCUT2D eigenvalue weighted by Gasteiger charge is -2.29. The lowest BCUT2D eigenvalue weighted by Crippen LogP contribution is -2.36. The summed E-state index contributed by atoms with van der Waals surface area (Å²) in [5.74, 6) is 0. The first-order chi connectivity index (χ1) is 7.31. The van der Waals surface area contributed by atoms with E-state index in [9.17, 15) is 0 Å². The third-order valence-electron chi connectivity index (χ3n) is 2.60. The summed E-state index contributed by atoms with van der Waals surface area (Å²) in [7, 11) is 0. The van der Waals surface area contributed by atoms with Gasteiger partial charge in [0.05, 0.1) is 23.9 Å². The molecule has 0 unspecified atom stereocenters. The van der Waals surface area contributed by atoms with Gasteiger partial charge in [-0.1, -0.05) is 17.7 Å². The van der Waals surface area contributed by atoms with Crippen molar-refractivity contribution in [1.82, 2.24) is 0 Å². The third kappa shape index (κ3) is 2.43. The largest absolute Gasteiger partial charge is 0.378 e. The van der Waals surface area contributed by atoms with Crippen LogP contribution in [0, 0.1) is 0 Å². The second kappa shape index (κ2) is 4.84. The molecule has 1 saturated heterocycles. The highest BCUT2D eigenvalue weighted by Crippen LogP contribution is 2.27. The van der Waals surface area contributed by atoms with Gasteiger partial charge in [-0.05, 0) is 17.7 Å². The lowest BCUT2D eigenvalue weighted by atomic mass is 10.2. The summed E-state index contributed by atoms with van der Waals surface area (Å²) < 4.78 is 5.30. The first-order valence-corrected chi connectivity index (χ1v) is 5.50. The van der Waals surface area contributed by atoms with Gasteiger partial charge in [-0.2, -0.15) is 0 Å². The standard InChI is InChI=1S/C11H15ClN2O/c12-10-7-9(8-13)1-2-11(10)14-3-5-15-6-4-14/h1-2,7H,3-6,8,13H2. The van der Waals surface area contributed by atoms with Crippen molar-refractivity contribution in [2.24, 2.45) is 5.73 Å². The summed E-state index contributed by atoms with van der Waals surface area (Å²) in [4.78, 5) is 2.24. The first kappa shape index (κ1) is 10.7. The van der Waals surface area contributed by atoms with Crippen molar-refractivity contribution >= 4 is 17.3 Å². The molecule has 1 aromatic rings. The molecule has 1 heterocycles. The highest BCUT2D eigenvalue weighted by Gasteiger charge is 2.13. The van der Waals surface area contributed by atoms with Gasteiger partial charge < -0.3 is 15.4 Å². The van der Waals surface area contributed by atoms with E-state index in [2.05, 4.69) is 4.90 Å². The number of ether oxygens (including phenoxy) is 1. The molecule has 3 nitrogen and oxygen atoms in total. The minimum absolute atomic E-state index is 0.531. The van der Waals surface area contributed by atoms with Crippen LogP contribution in [-0.2, 0) is 11.3 Å². The molecule has 0 atom stereocenters. The van der Waals surface area contributed by atoms with Gasteiger partial charge in [0.1, 0.15) is 0 Å². The Morgan fingerprint density at radius 2 is 2.07 bits per heavy atom. The molecule has 4 heteroatoms. The fourth-order valence-electron chi connectivity index (χ4n) is 1.74. The van der Waals surface area contributed by atoms with Gasteiger partial charge in [-0.3, -0.25) is 0 Å². The summed E-state index contributed by atoms with van der Waals surface area (Å²) in [6.45, 7) is 3.89. The van der Waals surface area contributed by atoms with E-state index in [1.165, 1.54) is 0 Å². The Morgan fingerprint density at radius 3 is 2.67 bits per heavy atom. The van der Waals surface area contributed by atoms with Crippen molar-refractivity contribution in [3.05, 3.63) is 28.8 Å². The number of rotatable bonds is 2. The zero-order valence-electron chi connectivity index (χ0n) is 8.58. The van der Waals surface area contributed by atoms with E-state index >= 15 is 0 Å². The van der Waals surface area contributed by atoms with E-state index in [-0.39, 0.29) is 0 Å². The molecule has 1 aromatic carbocycles. The topological polar surface area (TPSA) is 38.5 Å². The number of halogens is 1. The molecule has 82 valence electrons. The van der Waals surface area contributed by atoms with E-state index in [0.29, 0.717) is 6.54 Å². The highest BCUT2D eigenvalue weighted by atomic mass is 35.5. The Kier molecular flexibility index (Phi) is 3.46. The van der Waals surface area contributed by atoms with E-state index in [0.717, 1.165) is 42.6 Å². The van der Waals surface area contributed by atoms with E-state index < -0.39 is 0 Å². The number of hydrogen-bond donors (Lipinski definition) is 1.